The number of morpholine rings is 1. The fourth-order valence-electron chi connectivity index (χ4n) is 3.86. The number of likely N-dealkylation sites (tertiary alicyclic amines) is 1. The van der Waals surface area contributed by atoms with Crippen molar-refractivity contribution in [2.24, 2.45) is 0 Å². The van der Waals surface area contributed by atoms with E-state index in [2.05, 4.69) is 14.9 Å². The number of hydrogen-bond acceptors (Lipinski definition) is 5. The predicted molar refractivity (Wildman–Crippen MR) is 98.3 cm³/mol. The molecule has 1 atom stereocenters. The van der Waals surface area contributed by atoms with Crippen LogP contribution in [0.15, 0.2) is 29.1 Å². The number of carbonyl (C=O) groups is 1. The number of ether oxygens (including phenoxy) is 1. The summed E-state index contributed by atoms with van der Waals surface area (Å²) in [6.07, 6.45) is 3.10. The number of rotatable bonds is 3. The van der Waals surface area contributed by atoms with Crippen molar-refractivity contribution in [1.82, 2.24) is 19.8 Å². The van der Waals surface area contributed by atoms with E-state index in [-0.39, 0.29) is 23.3 Å². The van der Waals surface area contributed by atoms with Crippen LogP contribution in [-0.2, 0) is 4.74 Å². The highest BCUT2D eigenvalue weighted by Gasteiger charge is 2.30. The molecule has 1 aromatic heterocycles. The van der Waals surface area contributed by atoms with Crippen LogP contribution in [-0.4, -0.2) is 71.1 Å². The lowest BCUT2D eigenvalue weighted by atomic mass is 10.0. The second kappa shape index (κ2) is 7.55. The van der Waals surface area contributed by atoms with E-state index in [9.17, 15) is 9.59 Å². The molecule has 2 aliphatic rings. The largest absolute Gasteiger partial charge is 0.379 e. The number of para-hydroxylation sites is 1. The average Bonchev–Trinajstić information content (AvgIpc) is 2.69. The van der Waals surface area contributed by atoms with Gasteiger partial charge in [0, 0.05) is 32.2 Å². The molecule has 0 radical (unpaired) electrons. The molecular formula is C19H24N4O3. The van der Waals surface area contributed by atoms with Gasteiger partial charge in [0.25, 0.3) is 11.5 Å². The first-order valence-corrected chi connectivity index (χ1v) is 9.32. The predicted octanol–water partition coefficient (Wildman–Crippen LogP) is 1.25. The van der Waals surface area contributed by atoms with Crippen molar-refractivity contribution in [2.75, 3.05) is 39.4 Å². The van der Waals surface area contributed by atoms with Crippen LogP contribution in [0, 0.1) is 0 Å². The molecule has 0 aliphatic carbocycles. The van der Waals surface area contributed by atoms with E-state index in [0.29, 0.717) is 17.4 Å². The smallest absolute Gasteiger partial charge is 0.290 e. The number of carbonyl (C=O) groups excluding carboxylic acids is 1. The highest BCUT2D eigenvalue weighted by Crippen LogP contribution is 2.20. The Morgan fingerprint density at radius 2 is 2.00 bits per heavy atom. The van der Waals surface area contributed by atoms with Crippen molar-refractivity contribution in [1.29, 1.82) is 0 Å². The Morgan fingerprint density at radius 3 is 2.85 bits per heavy atom. The molecule has 1 N–H and O–H groups in total. The molecular weight excluding hydrogens is 332 g/mol. The Bertz CT molecular complexity index is 844. The zero-order chi connectivity index (χ0) is 17.9. The molecule has 2 saturated heterocycles. The first-order chi connectivity index (χ1) is 12.7. The van der Waals surface area contributed by atoms with Gasteiger partial charge < -0.3 is 14.6 Å². The number of benzene rings is 1. The van der Waals surface area contributed by atoms with Gasteiger partial charge in [-0.3, -0.25) is 14.5 Å². The summed E-state index contributed by atoms with van der Waals surface area (Å²) in [7, 11) is 0. The second-order valence-corrected chi connectivity index (χ2v) is 6.99. The van der Waals surface area contributed by atoms with Gasteiger partial charge in [-0.1, -0.05) is 12.1 Å². The van der Waals surface area contributed by atoms with Gasteiger partial charge >= 0.3 is 0 Å². The van der Waals surface area contributed by atoms with E-state index in [1.54, 1.807) is 18.2 Å². The lowest BCUT2D eigenvalue weighted by Gasteiger charge is -2.39. The minimum Gasteiger partial charge on any atom is -0.379 e. The number of fused-ring (bicyclic) bond motifs is 1. The van der Waals surface area contributed by atoms with Crippen molar-refractivity contribution in [3.8, 4) is 0 Å². The van der Waals surface area contributed by atoms with Crippen LogP contribution in [0.4, 0.5) is 0 Å². The number of H-pyrrole nitrogens is 1. The summed E-state index contributed by atoms with van der Waals surface area (Å²) in [5.41, 5.74) is 0.294. The molecule has 1 aromatic carbocycles. The third-order valence-electron chi connectivity index (χ3n) is 5.28. The molecule has 4 rings (SSSR count). The molecule has 138 valence electrons. The van der Waals surface area contributed by atoms with Crippen LogP contribution in [0.3, 0.4) is 0 Å². The van der Waals surface area contributed by atoms with E-state index in [1.165, 1.54) is 0 Å². The molecule has 2 aliphatic heterocycles. The Hall–Kier alpha value is -2.25. The molecule has 0 bridgehead atoms. The molecule has 7 nitrogen and oxygen atoms in total. The van der Waals surface area contributed by atoms with E-state index in [4.69, 9.17) is 4.74 Å². The third kappa shape index (κ3) is 3.50. The van der Waals surface area contributed by atoms with Crippen LogP contribution >= 0.6 is 0 Å². The van der Waals surface area contributed by atoms with Gasteiger partial charge in [0.2, 0.25) is 0 Å². The maximum Gasteiger partial charge on any atom is 0.290 e. The van der Waals surface area contributed by atoms with Gasteiger partial charge in [-0.05, 0) is 31.4 Å². The lowest BCUT2D eigenvalue weighted by Crippen LogP contribution is -2.51. The Balaban J connectivity index is 1.57. The van der Waals surface area contributed by atoms with Crippen molar-refractivity contribution in [3.63, 3.8) is 0 Å². The van der Waals surface area contributed by atoms with Crippen molar-refractivity contribution in [2.45, 2.75) is 25.3 Å². The van der Waals surface area contributed by atoms with E-state index in [0.717, 1.165) is 52.1 Å². The highest BCUT2D eigenvalue weighted by molar-refractivity contribution is 5.92. The molecule has 3 heterocycles. The quantitative estimate of drug-likeness (QED) is 0.895. The van der Waals surface area contributed by atoms with Crippen LogP contribution in [0.25, 0.3) is 10.9 Å². The Kier molecular flexibility index (Phi) is 4.99. The first-order valence-electron chi connectivity index (χ1n) is 9.32. The molecule has 2 fully saturated rings. The van der Waals surface area contributed by atoms with Crippen molar-refractivity contribution >= 4 is 16.8 Å². The Labute approximate surface area is 152 Å². The fraction of sp³-hybridized carbons (Fsp3) is 0.526. The summed E-state index contributed by atoms with van der Waals surface area (Å²) in [6.45, 7) is 4.88. The minimum absolute atomic E-state index is 0.141. The number of nitrogens with zero attached hydrogens (tertiary/aromatic N) is 3. The lowest BCUT2D eigenvalue weighted by molar-refractivity contribution is 0.0163. The molecule has 2 aromatic rings. The summed E-state index contributed by atoms with van der Waals surface area (Å²) in [4.78, 5) is 36.7. The van der Waals surface area contributed by atoms with E-state index in [1.807, 2.05) is 11.0 Å². The number of amides is 1. The maximum absolute atomic E-state index is 13.1. The van der Waals surface area contributed by atoms with Gasteiger partial charge in [-0.25, -0.2) is 4.98 Å². The molecule has 0 spiro atoms. The standard InChI is InChI=1S/C19H24N4O3/c24-18-15-6-1-2-7-16(15)20-17(21-18)19(25)23-8-4-3-5-14(23)13-22-9-11-26-12-10-22/h1-2,6-7,14H,3-5,8-13H2,(H,20,21,24)/t14-/m0/s1. The zero-order valence-electron chi connectivity index (χ0n) is 14.8. The molecule has 1 amide bonds. The van der Waals surface area contributed by atoms with Gasteiger partial charge in [0.15, 0.2) is 5.82 Å². The zero-order valence-corrected chi connectivity index (χ0v) is 14.8. The van der Waals surface area contributed by atoms with Gasteiger partial charge in [-0.2, -0.15) is 0 Å². The summed E-state index contributed by atoms with van der Waals surface area (Å²) < 4.78 is 5.41. The van der Waals surface area contributed by atoms with Gasteiger partial charge in [-0.15, -0.1) is 0 Å². The second-order valence-electron chi connectivity index (χ2n) is 6.99. The van der Waals surface area contributed by atoms with Gasteiger partial charge in [0.05, 0.1) is 24.1 Å². The normalized spacial score (nSPS) is 21.8. The first kappa shape index (κ1) is 17.2. The van der Waals surface area contributed by atoms with Crippen molar-refractivity contribution in [3.05, 3.63) is 40.4 Å². The summed E-state index contributed by atoms with van der Waals surface area (Å²) >= 11 is 0. The van der Waals surface area contributed by atoms with E-state index >= 15 is 0 Å². The monoisotopic (exact) mass is 356 g/mol. The molecule has 7 heteroatoms. The average molecular weight is 356 g/mol. The minimum atomic E-state index is -0.263. The summed E-state index contributed by atoms with van der Waals surface area (Å²) in [5.74, 6) is -0.0339. The number of hydrogen-bond donors (Lipinski definition) is 1. The molecule has 26 heavy (non-hydrogen) atoms. The third-order valence-corrected chi connectivity index (χ3v) is 5.28. The summed E-state index contributed by atoms with van der Waals surface area (Å²) in [6, 6.07) is 7.26. The topological polar surface area (TPSA) is 78.5 Å². The number of nitrogens with one attached hydrogen (secondary N) is 1. The van der Waals surface area contributed by atoms with Crippen molar-refractivity contribution < 1.29 is 9.53 Å². The Morgan fingerprint density at radius 1 is 1.19 bits per heavy atom. The van der Waals surface area contributed by atoms with E-state index < -0.39 is 0 Å². The van der Waals surface area contributed by atoms with Crippen LogP contribution in [0.5, 0.6) is 0 Å². The summed E-state index contributed by atoms with van der Waals surface area (Å²) in [5, 5.41) is 0.507. The van der Waals surface area contributed by atoms with Crippen LogP contribution in [0.1, 0.15) is 29.9 Å². The van der Waals surface area contributed by atoms with Gasteiger partial charge in [0.1, 0.15) is 0 Å². The SMILES string of the molecule is O=C(c1nc2ccccc2c(=O)[nH]1)N1CCCC[C@H]1CN1CCOCC1. The fourth-order valence-corrected chi connectivity index (χ4v) is 3.86. The van der Waals surface area contributed by atoms with Crippen LogP contribution < -0.4 is 5.56 Å². The maximum atomic E-state index is 13.1. The van der Waals surface area contributed by atoms with Crippen LogP contribution in [0.2, 0.25) is 0 Å². The molecule has 0 unspecified atom stereocenters. The number of aromatic amines is 1. The number of aromatic nitrogens is 2. The highest BCUT2D eigenvalue weighted by atomic mass is 16.5. The number of piperidine rings is 1. The molecule has 0 saturated carbocycles.